The first-order chi connectivity index (χ1) is 14.9. The summed E-state index contributed by atoms with van der Waals surface area (Å²) < 4.78 is 24.4. The van der Waals surface area contributed by atoms with Gasteiger partial charge in [0.25, 0.3) is 0 Å². The van der Waals surface area contributed by atoms with Gasteiger partial charge in [-0.25, -0.2) is 0 Å². The zero-order chi connectivity index (χ0) is 23.4. The van der Waals surface area contributed by atoms with Gasteiger partial charge in [-0.3, -0.25) is 0 Å². The van der Waals surface area contributed by atoms with E-state index >= 15 is 0 Å². The van der Waals surface area contributed by atoms with Crippen molar-refractivity contribution in [2.75, 3.05) is 20.3 Å². The van der Waals surface area contributed by atoms with Gasteiger partial charge in [-0.05, 0) is 73.9 Å². The molecular weight excluding hydrogens is 420 g/mol. The van der Waals surface area contributed by atoms with E-state index < -0.39 is 19.7 Å². The van der Waals surface area contributed by atoms with Crippen LogP contribution >= 0.6 is 0 Å². The third kappa shape index (κ3) is 4.18. The molecule has 5 atom stereocenters. The minimum Gasteiger partial charge on any atom is -0.497 e. The Morgan fingerprint density at radius 2 is 1.72 bits per heavy atom. The fourth-order valence-corrected chi connectivity index (χ4v) is 7.53. The molecule has 1 aromatic carbocycles. The summed E-state index contributed by atoms with van der Waals surface area (Å²) in [5.41, 5.74) is 0.772. The lowest BCUT2D eigenvalue weighted by Crippen LogP contribution is -2.54. The maximum atomic E-state index is 11.0. The largest absolute Gasteiger partial charge is 0.497 e. The molecule has 32 heavy (non-hydrogen) atoms. The zero-order valence-corrected chi connectivity index (χ0v) is 21.9. The van der Waals surface area contributed by atoms with Gasteiger partial charge in [0, 0.05) is 12.3 Å². The molecule has 5 nitrogen and oxygen atoms in total. The Hall–Kier alpha value is -0.923. The molecule has 3 fully saturated rings. The monoisotopic (exact) mass is 462 g/mol. The van der Waals surface area contributed by atoms with Crippen LogP contribution in [-0.4, -0.2) is 45.6 Å². The lowest BCUT2D eigenvalue weighted by Gasteiger charge is -2.50. The van der Waals surface area contributed by atoms with Crippen molar-refractivity contribution in [3.05, 3.63) is 29.8 Å². The van der Waals surface area contributed by atoms with Crippen LogP contribution < -0.4 is 4.74 Å². The molecule has 2 aliphatic carbocycles. The molecule has 0 aromatic heterocycles. The number of fused-ring (bicyclic) bond motifs is 2. The van der Waals surface area contributed by atoms with Gasteiger partial charge in [0.2, 0.25) is 0 Å². The Bertz CT molecular complexity index is 795. The van der Waals surface area contributed by atoms with Gasteiger partial charge in [0.15, 0.2) is 14.1 Å². The van der Waals surface area contributed by atoms with Gasteiger partial charge in [0.05, 0.1) is 32.0 Å². The average Bonchev–Trinajstić information content (AvgIpc) is 3.30. The summed E-state index contributed by atoms with van der Waals surface area (Å²) in [7, 11) is -0.320. The molecule has 6 heteroatoms. The third-order valence-corrected chi connectivity index (χ3v) is 13.4. The van der Waals surface area contributed by atoms with Crippen LogP contribution in [0.5, 0.6) is 5.75 Å². The molecule has 1 heterocycles. The molecule has 3 aliphatic rings. The van der Waals surface area contributed by atoms with E-state index in [0.717, 1.165) is 31.4 Å². The Morgan fingerprint density at radius 1 is 1.09 bits per heavy atom. The normalized spacial score (nSPS) is 31.2. The number of ether oxygens (including phenoxy) is 3. The maximum Gasteiger partial charge on any atom is 0.193 e. The molecule has 2 saturated carbocycles. The van der Waals surface area contributed by atoms with E-state index in [1.54, 1.807) is 7.11 Å². The molecule has 4 rings (SSSR count). The van der Waals surface area contributed by atoms with E-state index in [4.69, 9.17) is 18.6 Å². The van der Waals surface area contributed by atoms with Crippen molar-refractivity contribution in [1.82, 2.24) is 0 Å². The number of methoxy groups -OCH3 is 1. The molecule has 0 radical (unpaired) electrons. The van der Waals surface area contributed by atoms with Crippen LogP contribution in [0.2, 0.25) is 18.1 Å². The number of benzene rings is 1. The smallest absolute Gasteiger partial charge is 0.193 e. The van der Waals surface area contributed by atoms with E-state index in [0.29, 0.717) is 25.0 Å². The van der Waals surface area contributed by atoms with Gasteiger partial charge >= 0.3 is 0 Å². The molecule has 1 saturated heterocycles. The van der Waals surface area contributed by atoms with E-state index in [9.17, 15) is 5.11 Å². The van der Waals surface area contributed by atoms with E-state index in [2.05, 4.69) is 52.9 Å². The van der Waals surface area contributed by atoms with Crippen LogP contribution in [0.3, 0.4) is 0 Å². The molecule has 5 unspecified atom stereocenters. The summed E-state index contributed by atoms with van der Waals surface area (Å²) in [6.45, 7) is 15.1. The van der Waals surface area contributed by atoms with Crippen LogP contribution in [0.15, 0.2) is 24.3 Å². The van der Waals surface area contributed by atoms with E-state index in [1.807, 2.05) is 12.1 Å². The second kappa shape index (κ2) is 8.38. The zero-order valence-electron chi connectivity index (χ0n) is 20.9. The minimum atomic E-state index is -2.02. The second-order valence-corrected chi connectivity index (χ2v) is 16.5. The third-order valence-electron chi connectivity index (χ3n) is 8.86. The predicted molar refractivity (Wildman–Crippen MR) is 128 cm³/mol. The van der Waals surface area contributed by atoms with Crippen LogP contribution in [0.4, 0.5) is 0 Å². The second-order valence-electron chi connectivity index (χ2n) is 11.8. The van der Waals surface area contributed by atoms with E-state index in [-0.39, 0.29) is 17.1 Å². The van der Waals surface area contributed by atoms with Crippen molar-refractivity contribution in [3.63, 3.8) is 0 Å². The Balaban J connectivity index is 1.53. The fraction of sp³-hybridized carbons (Fsp3) is 0.769. The van der Waals surface area contributed by atoms with Crippen LogP contribution in [-0.2, 0) is 19.5 Å². The molecular formula is C26H42O5Si. The van der Waals surface area contributed by atoms with Crippen LogP contribution in [0.1, 0.15) is 58.9 Å². The molecule has 1 aliphatic heterocycles. The minimum absolute atomic E-state index is 0.121. The Morgan fingerprint density at radius 3 is 2.28 bits per heavy atom. The van der Waals surface area contributed by atoms with Crippen molar-refractivity contribution in [2.24, 2.45) is 17.8 Å². The topological polar surface area (TPSA) is 57.2 Å². The summed E-state index contributed by atoms with van der Waals surface area (Å²) >= 11 is 0. The number of hydrogen-bond donors (Lipinski definition) is 1. The lowest BCUT2D eigenvalue weighted by molar-refractivity contribution is -0.272. The Labute approximate surface area is 194 Å². The molecule has 1 spiro atoms. The number of aliphatic hydroxyl groups is 1. The molecule has 1 N–H and O–H groups in total. The fourth-order valence-electron chi connectivity index (χ4n) is 5.88. The Kier molecular flexibility index (Phi) is 6.34. The summed E-state index contributed by atoms with van der Waals surface area (Å²) in [5.74, 6) is 1.54. The standard InChI is InChI=1S/C26H42O5Si/c1-24(2,3)32(6,7)31-25(4,18-8-10-19(28-5)11-9-18)13-12-20-21-17-26(29-14-15-30-26)22(21)16-23(20)27/h8-11,20-23,27H,12-17H2,1-7H3. The van der Waals surface area contributed by atoms with Gasteiger partial charge in [-0.2, -0.15) is 0 Å². The van der Waals surface area contributed by atoms with Crippen molar-refractivity contribution >= 4 is 8.32 Å². The molecule has 1 aromatic rings. The summed E-state index contributed by atoms with van der Waals surface area (Å²) in [5, 5.41) is 11.1. The van der Waals surface area contributed by atoms with E-state index in [1.165, 1.54) is 5.56 Å². The number of hydrogen-bond acceptors (Lipinski definition) is 5. The SMILES string of the molecule is COc1ccc(C(C)(CCC2C(O)CC3C2CC32OCCO2)O[Si](C)(C)C(C)(C)C)cc1. The molecule has 180 valence electrons. The summed E-state index contributed by atoms with van der Waals surface area (Å²) in [6.07, 6.45) is 3.24. The van der Waals surface area contributed by atoms with Crippen molar-refractivity contribution in [2.45, 2.75) is 89.0 Å². The number of rotatable bonds is 7. The summed E-state index contributed by atoms with van der Waals surface area (Å²) in [6, 6.07) is 8.32. The first kappa shape index (κ1) is 24.2. The lowest BCUT2D eigenvalue weighted by atomic mass is 9.66. The molecule has 0 bridgehead atoms. The molecule has 0 amide bonds. The van der Waals surface area contributed by atoms with Gasteiger partial charge in [-0.1, -0.05) is 32.9 Å². The highest BCUT2D eigenvalue weighted by Gasteiger charge is 2.64. The maximum absolute atomic E-state index is 11.0. The summed E-state index contributed by atoms with van der Waals surface area (Å²) in [4.78, 5) is 0. The van der Waals surface area contributed by atoms with Gasteiger partial charge in [0.1, 0.15) is 5.75 Å². The number of aliphatic hydroxyl groups excluding tert-OH is 1. The van der Waals surface area contributed by atoms with Crippen molar-refractivity contribution in [1.29, 1.82) is 0 Å². The van der Waals surface area contributed by atoms with Crippen LogP contribution in [0.25, 0.3) is 0 Å². The highest BCUT2D eigenvalue weighted by Crippen LogP contribution is 2.61. The van der Waals surface area contributed by atoms with Crippen molar-refractivity contribution < 1.29 is 23.7 Å². The highest BCUT2D eigenvalue weighted by molar-refractivity contribution is 6.74. The average molecular weight is 463 g/mol. The van der Waals surface area contributed by atoms with Crippen molar-refractivity contribution in [3.8, 4) is 5.75 Å². The van der Waals surface area contributed by atoms with Gasteiger partial charge < -0.3 is 23.7 Å². The first-order valence-electron chi connectivity index (χ1n) is 12.2. The van der Waals surface area contributed by atoms with Crippen LogP contribution in [0, 0.1) is 17.8 Å². The predicted octanol–water partition coefficient (Wildman–Crippen LogP) is 5.47. The first-order valence-corrected chi connectivity index (χ1v) is 15.1. The van der Waals surface area contributed by atoms with Gasteiger partial charge in [-0.15, -0.1) is 0 Å². The quantitative estimate of drug-likeness (QED) is 0.544. The highest BCUT2D eigenvalue weighted by atomic mass is 28.4.